The molecule has 72 heavy (non-hydrogen) atoms. The Labute approximate surface area is 435 Å². The first-order valence-corrected chi connectivity index (χ1v) is 31.3. The highest BCUT2D eigenvalue weighted by molar-refractivity contribution is 7.47. The number of phosphoric ester groups is 2. The Balaban J connectivity index is 5.13. The predicted molar refractivity (Wildman–Crippen MR) is 280 cm³/mol. The molecule has 0 aromatic carbocycles. The molecule has 2 unspecified atom stereocenters. The van der Waals surface area contributed by atoms with E-state index in [-0.39, 0.29) is 25.7 Å². The lowest BCUT2D eigenvalue weighted by atomic mass is 10.0. The maximum absolute atomic E-state index is 12.8. The molecule has 0 rings (SSSR count). The Hall–Kier alpha value is -1.94. The smallest absolute Gasteiger partial charge is 0.462 e. The highest BCUT2D eigenvalue weighted by Crippen LogP contribution is 2.45. The fourth-order valence-corrected chi connectivity index (χ4v) is 9.27. The van der Waals surface area contributed by atoms with E-state index in [1.807, 2.05) is 0 Å². The van der Waals surface area contributed by atoms with Gasteiger partial charge < -0.3 is 33.8 Å². The number of carbonyl (C=O) groups excluding carboxylic acids is 4. The summed E-state index contributed by atoms with van der Waals surface area (Å²) in [6.45, 7) is 4.64. The minimum atomic E-state index is -4.93. The molecule has 0 aliphatic heterocycles. The molecule has 17 nitrogen and oxygen atoms in total. The molecule has 0 aromatic heterocycles. The normalized spacial score (nSPS) is 14.5. The summed E-state index contributed by atoms with van der Waals surface area (Å²) >= 11 is 0. The predicted octanol–water partition coefficient (Wildman–Crippen LogP) is 13.6. The maximum Gasteiger partial charge on any atom is 0.472 e. The van der Waals surface area contributed by atoms with Crippen molar-refractivity contribution in [3.8, 4) is 0 Å². The molecule has 426 valence electrons. The highest BCUT2D eigenvalue weighted by atomic mass is 31.2. The van der Waals surface area contributed by atoms with Crippen LogP contribution in [0.25, 0.3) is 0 Å². The summed E-state index contributed by atoms with van der Waals surface area (Å²) in [5, 5.41) is 10.4. The molecule has 0 radical (unpaired) electrons. The number of esters is 4. The van der Waals surface area contributed by atoms with Crippen LogP contribution in [0.4, 0.5) is 0 Å². The third-order valence-corrected chi connectivity index (χ3v) is 14.0. The van der Waals surface area contributed by atoms with Gasteiger partial charge in [0, 0.05) is 25.7 Å². The number of hydrogen-bond acceptors (Lipinski definition) is 15. The molecular formula is C53H102O17P2. The lowest BCUT2D eigenvalue weighted by Gasteiger charge is -2.21. The molecule has 0 amide bonds. The van der Waals surface area contributed by atoms with Crippen LogP contribution in [0.1, 0.15) is 259 Å². The van der Waals surface area contributed by atoms with Crippen LogP contribution < -0.4 is 0 Å². The van der Waals surface area contributed by atoms with E-state index < -0.39 is 97.5 Å². The Morgan fingerprint density at radius 1 is 0.333 bits per heavy atom. The van der Waals surface area contributed by atoms with Gasteiger partial charge in [0.05, 0.1) is 26.4 Å². The number of carbonyl (C=O) groups is 4. The maximum atomic E-state index is 12.8. The topological polar surface area (TPSA) is 237 Å². The van der Waals surface area contributed by atoms with Crippen molar-refractivity contribution in [1.29, 1.82) is 0 Å². The molecule has 0 spiro atoms. The number of aliphatic hydroxyl groups excluding tert-OH is 1. The molecule has 5 atom stereocenters. The molecule has 0 aliphatic carbocycles. The third-order valence-electron chi connectivity index (χ3n) is 12.1. The zero-order valence-electron chi connectivity index (χ0n) is 45.4. The Morgan fingerprint density at radius 2 is 0.556 bits per heavy atom. The summed E-state index contributed by atoms with van der Waals surface area (Å²) < 4.78 is 67.1. The van der Waals surface area contributed by atoms with Gasteiger partial charge in [0.1, 0.15) is 19.3 Å². The van der Waals surface area contributed by atoms with Crippen molar-refractivity contribution < 1.29 is 80.2 Å². The lowest BCUT2D eigenvalue weighted by Crippen LogP contribution is -2.30. The first-order valence-electron chi connectivity index (χ1n) is 28.3. The fraction of sp³-hybridized carbons (Fsp3) is 0.925. The van der Waals surface area contributed by atoms with Crippen LogP contribution in [-0.2, 0) is 65.4 Å². The molecule has 0 fully saturated rings. The van der Waals surface area contributed by atoms with Gasteiger partial charge in [-0.15, -0.1) is 0 Å². The van der Waals surface area contributed by atoms with E-state index in [1.54, 1.807) is 0 Å². The van der Waals surface area contributed by atoms with E-state index in [0.29, 0.717) is 25.7 Å². The second-order valence-corrected chi connectivity index (χ2v) is 22.2. The van der Waals surface area contributed by atoms with Crippen molar-refractivity contribution in [3.05, 3.63) is 0 Å². The number of phosphoric acid groups is 2. The van der Waals surface area contributed by atoms with E-state index in [1.165, 1.54) is 57.8 Å². The number of ether oxygens (including phenoxy) is 4. The van der Waals surface area contributed by atoms with E-state index >= 15 is 0 Å². The summed E-state index contributed by atoms with van der Waals surface area (Å²) in [7, 11) is -9.84. The number of hydrogen-bond donors (Lipinski definition) is 3. The van der Waals surface area contributed by atoms with Crippen molar-refractivity contribution in [3.63, 3.8) is 0 Å². The van der Waals surface area contributed by atoms with Crippen LogP contribution in [0, 0.1) is 0 Å². The van der Waals surface area contributed by atoms with Gasteiger partial charge in [0.15, 0.2) is 12.2 Å². The van der Waals surface area contributed by atoms with Crippen molar-refractivity contribution in [1.82, 2.24) is 0 Å². The Kier molecular flexibility index (Phi) is 47.4. The highest BCUT2D eigenvalue weighted by Gasteiger charge is 2.30. The minimum Gasteiger partial charge on any atom is -0.462 e. The molecule has 0 aromatic rings. The summed E-state index contributed by atoms with van der Waals surface area (Å²) in [6.07, 6.45) is 29.9. The van der Waals surface area contributed by atoms with Crippen molar-refractivity contribution >= 4 is 39.5 Å². The molecule has 0 bridgehead atoms. The zero-order valence-corrected chi connectivity index (χ0v) is 47.2. The fourth-order valence-electron chi connectivity index (χ4n) is 7.69. The van der Waals surface area contributed by atoms with Crippen LogP contribution in [0.3, 0.4) is 0 Å². The van der Waals surface area contributed by atoms with Crippen molar-refractivity contribution in [2.45, 2.75) is 277 Å². The largest absolute Gasteiger partial charge is 0.472 e. The van der Waals surface area contributed by atoms with Gasteiger partial charge in [-0.05, 0) is 25.7 Å². The molecule has 0 saturated carbocycles. The van der Waals surface area contributed by atoms with Crippen molar-refractivity contribution in [2.24, 2.45) is 0 Å². The van der Waals surface area contributed by atoms with Gasteiger partial charge in [0.2, 0.25) is 0 Å². The van der Waals surface area contributed by atoms with Gasteiger partial charge in [-0.2, -0.15) is 0 Å². The van der Waals surface area contributed by atoms with Crippen molar-refractivity contribution in [2.75, 3.05) is 39.6 Å². The summed E-state index contributed by atoms with van der Waals surface area (Å²) in [5.74, 6) is -2.17. The summed E-state index contributed by atoms with van der Waals surface area (Å²) in [4.78, 5) is 71.2. The zero-order chi connectivity index (χ0) is 53.4. The lowest BCUT2D eigenvalue weighted by molar-refractivity contribution is -0.161. The Bertz CT molecular complexity index is 1420. The van der Waals surface area contributed by atoms with E-state index in [9.17, 15) is 43.2 Å². The van der Waals surface area contributed by atoms with Crippen LogP contribution in [-0.4, -0.2) is 96.7 Å². The Morgan fingerprint density at radius 3 is 0.819 bits per heavy atom. The van der Waals surface area contributed by atoms with E-state index in [0.717, 1.165) is 122 Å². The molecule has 0 aliphatic rings. The monoisotopic (exact) mass is 1070 g/mol. The molecule has 19 heteroatoms. The average Bonchev–Trinajstić information content (AvgIpc) is 3.35. The average molecular weight is 1070 g/mol. The second-order valence-electron chi connectivity index (χ2n) is 19.3. The van der Waals surface area contributed by atoms with Gasteiger partial charge in [-0.1, -0.05) is 207 Å². The van der Waals surface area contributed by atoms with Gasteiger partial charge in [0.25, 0.3) is 0 Å². The number of aliphatic hydroxyl groups is 1. The first-order chi connectivity index (χ1) is 34.7. The van der Waals surface area contributed by atoms with Gasteiger partial charge in [-0.3, -0.25) is 37.3 Å². The van der Waals surface area contributed by atoms with Crippen LogP contribution in [0.5, 0.6) is 0 Å². The number of rotatable bonds is 54. The van der Waals surface area contributed by atoms with Gasteiger partial charge in [-0.25, -0.2) is 9.13 Å². The molecule has 0 heterocycles. The van der Waals surface area contributed by atoms with Crippen LogP contribution >= 0.6 is 15.6 Å². The molecular weight excluding hydrogens is 971 g/mol. The van der Waals surface area contributed by atoms with E-state index in [4.69, 9.17) is 37.0 Å². The first kappa shape index (κ1) is 70.1. The summed E-state index contributed by atoms with van der Waals surface area (Å²) in [5.41, 5.74) is 0. The van der Waals surface area contributed by atoms with E-state index in [2.05, 4.69) is 27.7 Å². The SMILES string of the molecule is CCCCCCCCCCCCCCCC(=O)O[C@H](COC(=O)CCCCCCCCC)COP(=O)(O)OC[C@@H](O)COP(=O)(O)OC[C@@H](COC(=O)CCCCCCC)OC(=O)CCCCCCCCC. The molecule has 0 saturated heterocycles. The van der Waals surface area contributed by atoms with Gasteiger partial charge >= 0.3 is 39.5 Å². The minimum absolute atomic E-state index is 0.103. The molecule has 3 N–H and O–H groups in total. The quantitative estimate of drug-likeness (QED) is 0.0222. The number of unbranched alkanes of at least 4 members (excludes halogenated alkanes) is 28. The standard InChI is InChI=1S/C53H102O17P2/c1-5-9-13-17-20-21-22-23-24-25-28-32-36-40-53(58)70-49(44-64-51(56)38-34-30-26-18-14-10-6-2)46-68-72(61,62)66-42-47(54)41-65-71(59,60)67-45-48(43-63-50(55)37-33-29-16-12-8-4)69-52(57)39-35-31-27-19-15-11-7-3/h47-49,54H,5-46H2,1-4H3,(H,59,60)(H,61,62)/t47-,48+,49+/m0/s1. The third kappa shape index (κ3) is 47.8. The van der Waals surface area contributed by atoms with Crippen LogP contribution in [0.15, 0.2) is 0 Å². The summed E-state index contributed by atoms with van der Waals surface area (Å²) in [6, 6.07) is 0. The van der Waals surface area contributed by atoms with Crippen LogP contribution in [0.2, 0.25) is 0 Å². The second kappa shape index (κ2) is 48.7.